The second kappa shape index (κ2) is 7.21. The number of hydrogen-bond acceptors (Lipinski definition) is 3. The van der Waals surface area contributed by atoms with Crippen LogP contribution in [0.2, 0.25) is 0 Å². The van der Waals surface area contributed by atoms with Gasteiger partial charge in [-0.15, -0.1) is 0 Å². The Morgan fingerprint density at radius 2 is 2.04 bits per heavy atom. The van der Waals surface area contributed by atoms with Crippen LogP contribution in [-0.2, 0) is 4.79 Å². The summed E-state index contributed by atoms with van der Waals surface area (Å²) >= 11 is 3.14. The summed E-state index contributed by atoms with van der Waals surface area (Å²) in [6, 6.07) is 12.1. The Morgan fingerprint density at radius 1 is 1.29 bits per heavy atom. The van der Waals surface area contributed by atoms with E-state index in [1.807, 2.05) is 30.3 Å². The number of rotatable bonds is 4. The largest absolute Gasteiger partial charge is 0.495 e. The third-order valence-corrected chi connectivity index (χ3v) is 4.69. The average Bonchev–Trinajstić information content (AvgIpc) is 2.60. The predicted molar refractivity (Wildman–Crippen MR) is 96.1 cm³/mol. The Hall–Kier alpha value is -2.08. The van der Waals surface area contributed by atoms with Crippen LogP contribution in [0.1, 0.15) is 12.8 Å². The van der Waals surface area contributed by atoms with Crippen molar-refractivity contribution in [2.24, 2.45) is 0 Å². The molecule has 3 rings (SSSR count). The maximum absolute atomic E-state index is 13.9. The van der Waals surface area contributed by atoms with E-state index in [0.717, 1.165) is 12.1 Å². The van der Waals surface area contributed by atoms with Crippen LogP contribution in [-0.4, -0.2) is 25.6 Å². The average molecular weight is 393 g/mol. The van der Waals surface area contributed by atoms with E-state index in [1.54, 1.807) is 11.0 Å². The molecule has 126 valence electrons. The smallest absolute Gasteiger partial charge is 0.249 e. The molecule has 6 heteroatoms. The molecule has 4 nitrogen and oxygen atoms in total. The molecule has 0 aromatic heterocycles. The molecule has 1 N–H and O–H groups in total. The highest BCUT2D eigenvalue weighted by atomic mass is 79.9. The van der Waals surface area contributed by atoms with Crippen molar-refractivity contribution in [2.45, 2.75) is 18.9 Å². The Labute approximate surface area is 148 Å². The van der Waals surface area contributed by atoms with Crippen LogP contribution in [0.25, 0.3) is 0 Å². The molecular weight excluding hydrogens is 375 g/mol. The fourth-order valence-corrected chi connectivity index (χ4v) is 3.19. The zero-order chi connectivity index (χ0) is 17.1. The first kappa shape index (κ1) is 16.8. The lowest BCUT2D eigenvalue weighted by Crippen LogP contribution is -2.47. The number of piperidine rings is 1. The molecule has 0 spiro atoms. The normalized spacial score (nSPS) is 17.7. The standard InChI is InChI=1S/C18H18BrFN2O2/c1-24-17-10-13(19)14(20)11-16(17)21-15-8-5-9-22(18(15)23)12-6-3-2-4-7-12/h2-4,6-7,10-11,15,21H,5,8-9H2,1H3. The molecule has 0 radical (unpaired) electrons. The number of hydrogen-bond donors (Lipinski definition) is 1. The van der Waals surface area contributed by atoms with Crippen molar-refractivity contribution in [3.8, 4) is 5.75 Å². The first-order valence-corrected chi connectivity index (χ1v) is 8.55. The summed E-state index contributed by atoms with van der Waals surface area (Å²) in [5, 5.41) is 3.14. The number of anilines is 2. The summed E-state index contributed by atoms with van der Waals surface area (Å²) in [6.07, 6.45) is 1.57. The number of nitrogens with zero attached hydrogens (tertiary/aromatic N) is 1. The third kappa shape index (κ3) is 3.38. The number of carbonyl (C=O) groups is 1. The summed E-state index contributed by atoms with van der Waals surface area (Å²) in [5.74, 6) is 0.0761. The number of carbonyl (C=O) groups excluding carboxylic acids is 1. The van der Waals surface area contributed by atoms with E-state index in [1.165, 1.54) is 13.2 Å². The lowest BCUT2D eigenvalue weighted by Gasteiger charge is -2.33. The SMILES string of the molecule is COc1cc(Br)c(F)cc1NC1CCCN(c2ccccc2)C1=O. The molecule has 0 bridgehead atoms. The van der Waals surface area contributed by atoms with Crippen LogP contribution in [0.3, 0.4) is 0 Å². The molecule has 24 heavy (non-hydrogen) atoms. The van der Waals surface area contributed by atoms with Crippen molar-refractivity contribution in [3.63, 3.8) is 0 Å². The molecule has 1 unspecified atom stereocenters. The number of para-hydroxylation sites is 1. The fourth-order valence-electron chi connectivity index (χ4n) is 2.87. The van der Waals surface area contributed by atoms with E-state index < -0.39 is 11.9 Å². The number of nitrogens with one attached hydrogen (secondary N) is 1. The summed E-state index contributed by atoms with van der Waals surface area (Å²) in [4.78, 5) is 14.6. The van der Waals surface area contributed by atoms with Crippen LogP contribution in [0, 0.1) is 5.82 Å². The van der Waals surface area contributed by atoms with Crippen LogP contribution in [0.15, 0.2) is 46.9 Å². The van der Waals surface area contributed by atoms with Crippen molar-refractivity contribution >= 4 is 33.2 Å². The summed E-state index contributed by atoms with van der Waals surface area (Å²) in [6.45, 7) is 0.687. The van der Waals surface area contributed by atoms with Crippen LogP contribution in [0.4, 0.5) is 15.8 Å². The minimum atomic E-state index is -0.409. The van der Waals surface area contributed by atoms with E-state index in [9.17, 15) is 9.18 Å². The first-order chi connectivity index (χ1) is 11.6. The van der Waals surface area contributed by atoms with Gasteiger partial charge in [-0.1, -0.05) is 18.2 Å². The second-order valence-electron chi connectivity index (χ2n) is 5.63. The van der Waals surface area contributed by atoms with Crippen molar-refractivity contribution in [2.75, 3.05) is 23.9 Å². The molecule has 1 atom stereocenters. The van der Waals surface area contributed by atoms with Gasteiger partial charge in [-0.25, -0.2) is 4.39 Å². The highest BCUT2D eigenvalue weighted by Gasteiger charge is 2.30. The number of amides is 1. The quantitative estimate of drug-likeness (QED) is 0.847. The van der Waals surface area contributed by atoms with Crippen molar-refractivity contribution in [1.29, 1.82) is 0 Å². The van der Waals surface area contributed by atoms with Crippen molar-refractivity contribution < 1.29 is 13.9 Å². The van der Waals surface area contributed by atoms with Gasteiger partial charge in [0.25, 0.3) is 0 Å². The monoisotopic (exact) mass is 392 g/mol. The molecule has 2 aromatic carbocycles. The third-order valence-electron chi connectivity index (χ3n) is 4.08. The second-order valence-corrected chi connectivity index (χ2v) is 6.49. The molecule has 1 heterocycles. The van der Waals surface area contributed by atoms with Gasteiger partial charge >= 0.3 is 0 Å². The molecule has 0 saturated carbocycles. The summed E-state index contributed by atoms with van der Waals surface area (Å²) < 4.78 is 19.5. The lowest BCUT2D eigenvalue weighted by molar-refractivity contribution is -0.120. The van der Waals surface area contributed by atoms with Crippen LogP contribution in [0.5, 0.6) is 5.75 Å². The fraction of sp³-hybridized carbons (Fsp3) is 0.278. The van der Waals surface area contributed by atoms with Gasteiger partial charge in [0.05, 0.1) is 17.3 Å². The van der Waals surface area contributed by atoms with Gasteiger partial charge < -0.3 is 15.0 Å². The number of methoxy groups -OCH3 is 1. The zero-order valence-electron chi connectivity index (χ0n) is 13.3. The molecule has 1 fully saturated rings. The topological polar surface area (TPSA) is 41.6 Å². The Kier molecular flexibility index (Phi) is 5.04. The van der Waals surface area contributed by atoms with Gasteiger partial charge in [-0.3, -0.25) is 4.79 Å². The predicted octanol–water partition coefficient (Wildman–Crippen LogP) is 4.20. The summed E-state index contributed by atoms with van der Waals surface area (Å²) in [5.41, 5.74) is 1.36. The highest BCUT2D eigenvalue weighted by molar-refractivity contribution is 9.10. The van der Waals surface area contributed by atoms with E-state index in [2.05, 4.69) is 21.2 Å². The molecule has 1 amide bonds. The van der Waals surface area contributed by atoms with Gasteiger partial charge in [0, 0.05) is 18.3 Å². The number of ether oxygens (including phenoxy) is 1. The van der Waals surface area contributed by atoms with Gasteiger partial charge in [-0.2, -0.15) is 0 Å². The minimum absolute atomic E-state index is 0.0159. The maximum atomic E-state index is 13.9. The molecule has 0 aliphatic carbocycles. The van der Waals surface area contributed by atoms with Crippen LogP contribution >= 0.6 is 15.9 Å². The van der Waals surface area contributed by atoms with E-state index in [0.29, 0.717) is 28.9 Å². The molecule has 1 aliphatic heterocycles. The number of halogens is 2. The highest BCUT2D eigenvalue weighted by Crippen LogP contribution is 2.32. The Morgan fingerprint density at radius 3 is 2.75 bits per heavy atom. The maximum Gasteiger partial charge on any atom is 0.249 e. The molecule has 2 aromatic rings. The molecule has 1 aliphatic rings. The van der Waals surface area contributed by atoms with Crippen LogP contribution < -0.4 is 15.0 Å². The first-order valence-electron chi connectivity index (χ1n) is 7.76. The molecule has 1 saturated heterocycles. The van der Waals surface area contributed by atoms with Crippen molar-refractivity contribution in [1.82, 2.24) is 0 Å². The number of benzene rings is 2. The zero-order valence-corrected chi connectivity index (χ0v) is 14.8. The van der Waals surface area contributed by atoms with E-state index >= 15 is 0 Å². The van der Waals surface area contributed by atoms with E-state index in [-0.39, 0.29) is 5.91 Å². The lowest BCUT2D eigenvalue weighted by atomic mass is 10.0. The van der Waals surface area contributed by atoms with Gasteiger partial charge in [0.1, 0.15) is 17.6 Å². The van der Waals surface area contributed by atoms with Gasteiger partial charge in [0.15, 0.2) is 0 Å². The molecular formula is C18H18BrFN2O2. The Bertz CT molecular complexity index is 739. The minimum Gasteiger partial charge on any atom is -0.495 e. The van der Waals surface area contributed by atoms with Crippen molar-refractivity contribution in [3.05, 3.63) is 52.8 Å². The Balaban J connectivity index is 1.83. The van der Waals surface area contributed by atoms with Gasteiger partial charge in [-0.05, 0) is 47.0 Å². The van der Waals surface area contributed by atoms with E-state index in [4.69, 9.17) is 4.74 Å². The summed E-state index contributed by atoms with van der Waals surface area (Å²) in [7, 11) is 1.52. The van der Waals surface area contributed by atoms with Gasteiger partial charge in [0.2, 0.25) is 5.91 Å².